The Bertz CT molecular complexity index is 174. The molecule has 0 N–H and O–H groups in total. The van der Waals surface area contributed by atoms with Gasteiger partial charge in [-0.15, -0.1) is 23.2 Å². The summed E-state index contributed by atoms with van der Waals surface area (Å²) in [7, 11) is 0. The summed E-state index contributed by atoms with van der Waals surface area (Å²) in [6, 6.07) is 9.54. The van der Waals surface area contributed by atoms with Gasteiger partial charge in [0.25, 0.3) is 0 Å². The Labute approximate surface area is 89.7 Å². The van der Waals surface area contributed by atoms with Gasteiger partial charge in [-0.05, 0) is 5.56 Å². The fourth-order valence-corrected chi connectivity index (χ4v) is 0.889. The summed E-state index contributed by atoms with van der Waals surface area (Å²) in [5.74, 6) is 0. The SMILES string of the molecule is ClC(Cl)c1ccccc1.[Zr]. The third-order valence-corrected chi connectivity index (χ3v) is 1.56. The van der Waals surface area contributed by atoms with Gasteiger partial charge in [0, 0.05) is 26.2 Å². The van der Waals surface area contributed by atoms with E-state index in [-0.39, 0.29) is 26.2 Å². The zero-order chi connectivity index (χ0) is 6.69. The number of halogens is 2. The molecule has 1 rings (SSSR count). The summed E-state index contributed by atoms with van der Waals surface area (Å²) in [6.45, 7) is 0. The van der Waals surface area contributed by atoms with Crippen LogP contribution in [0.1, 0.15) is 10.4 Å². The predicted octanol–water partition coefficient (Wildman–Crippen LogP) is 3.16. The molecule has 0 atom stereocenters. The molecule has 0 aromatic heterocycles. The third-order valence-electron chi connectivity index (χ3n) is 1.05. The third kappa shape index (κ3) is 3.19. The maximum Gasteiger partial charge on any atom is 0.132 e. The molecule has 0 aliphatic carbocycles. The Morgan fingerprint density at radius 3 is 1.80 bits per heavy atom. The summed E-state index contributed by atoms with van der Waals surface area (Å²) in [5.41, 5.74) is 0.945. The van der Waals surface area contributed by atoms with Crippen molar-refractivity contribution in [1.82, 2.24) is 0 Å². The molecule has 1 aromatic carbocycles. The van der Waals surface area contributed by atoms with Crippen LogP contribution >= 0.6 is 23.2 Å². The molecule has 0 spiro atoms. The van der Waals surface area contributed by atoms with E-state index >= 15 is 0 Å². The first kappa shape index (κ1) is 10.7. The van der Waals surface area contributed by atoms with Crippen LogP contribution in [0.25, 0.3) is 0 Å². The van der Waals surface area contributed by atoms with Crippen molar-refractivity contribution < 1.29 is 26.2 Å². The van der Waals surface area contributed by atoms with Crippen molar-refractivity contribution in [3.8, 4) is 0 Å². The van der Waals surface area contributed by atoms with Crippen LogP contribution < -0.4 is 0 Å². The second-order valence-corrected chi connectivity index (χ2v) is 2.81. The molecule has 0 unspecified atom stereocenters. The maximum atomic E-state index is 5.57. The molecule has 3 heteroatoms. The minimum absolute atomic E-state index is 0. The summed E-state index contributed by atoms with van der Waals surface area (Å²) in [6.07, 6.45) is 0. The molecule has 0 aliphatic rings. The Balaban J connectivity index is 0.000000810. The van der Waals surface area contributed by atoms with Gasteiger partial charge >= 0.3 is 0 Å². The molecule has 1 aromatic rings. The van der Waals surface area contributed by atoms with Gasteiger partial charge in [0.15, 0.2) is 0 Å². The fraction of sp³-hybridized carbons (Fsp3) is 0.143. The van der Waals surface area contributed by atoms with Crippen molar-refractivity contribution in [1.29, 1.82) is 0 Å². The van der Waals surface area contributed by atoms with Crippen LogP contribution in [0.4, 0.5) is 0 Å². The fourth-order valence-electron chi connectivity index (χ4n) is 0.599. The second-order valence-electron chi connectivity index (χ2n) is 1.71. The number of alkyl halides is 2. The van der Waals surface area contributed by atoms with Crippen LogP contribution in [0, 0.1) is 0 Å². The van der Waals surface area contributed by atoms with E-state index in [9.17, 15) is 0 Å². The first-order chi connectivity index (χ1) is 4.30. The largest absolute Gasteiger partial charge is 0.132 e. The molecule has 0 radical (unpaired) electrons. The van der Waals surface area contributed by atoms with Crippen molar-refractivity contribution in [2.24, 2.45) is 0 Å². The first-order valence-corrected chi connectivity index (χ1v) is 3.51. The normalized spacial score (nSPS) is 9.10. The zero-order valence-corrected chi connectivity index (χ0v) is 9.19. The minimum Gasteiger partial charge on any atom is -0.100 e. The van der Waals surface area contributed by atoms with E-state index in [1.165, 1.54) is 0 Å². The molecular formula is C7H6Cl2Zr. The first-order valence-electron chi connectivity index (χ1n) is 2.64. The Morgan fingerprint density at radius 1 is 1.00 bits per heavy atom. The topological polar surface area (TPSA) is 0 Å². The molecule has 0 amide bonds. The second kappa shape index (κ2) is 5.35. The van der Waals surface area contributed by atoms with E-state index in [0.29, 0.717) is 0 Å². The van der Waals surface area contributed by atoms with Crippen LogP contribution in [-0.2, 0) is 26.2 Å². The van der Waals surface area contributed by atoms with Gasteiger partial charge in [-0.1, -0.05) is 30.3 Å². The molecule has 0 fully saturated rings. The van der Waals surface area contributed by atoms with Crippen molar-refractivity contribution in [2.45, 2.75) is 4.84 Å². The van der Waals surface area contributed by atoms with Gasteiger partial charge in [-0.25, -0.2) is 0 Å². The van der Waals surface area contributed by atoms with Crippen molar-refractivity contribution >= 4 is 23.2 Å². The zero-order valence-electron chi connectivity index (χ0n) is 5.22. The van der Waals surface area contributed by atoms with Crippen LogP contribution in [0.5, 0.6) is 0 Å². The van der Waals surface area contributed by atoms with Crippen LogP contribution in [0.2, 0.25) is 0 Å². The Kier molecular flexibility index (Phi) is 5.71. The van der Waals surface area contributed by atoms with E-state index in [1.54, 1.807) is 0 Å². The van der Waals surface area contributed by atoms with E-state index < -0.39 is 4.84 Å². The van der Waals surface area contributed by atoms with Gasteiger partial charge in [0.05, 0.1) is 0 Å². The number of benzene rings is 1. The van der Waals surface area contributed by atoms with E-state index in [1.807, 2.05) is 30.3 Å². The Morgan fingerprint density at radius 2 is 1.50 bits per heavy atom. The average molecular weight is 252 g/mol. The van der Waals surface area contributed by atoms with Crippen molar-refractivity contribution in [3.05, 3.63) is 35.9 Å². The van der Waals surface area contributed by atoms with Crippen LogP contribution in [0.3, 0.4) is 0 Å². The molecule has 0 heterocycles. The van der Waals surface area contributed by atoms with Gasteiger partial charge in [-0.2, -0.15) is 0 Å². The number of hydrogen-bond donors (Lipinski definition) is 0. The van der Waals surface area contributed by atoms with Crippen molar-refractivity contribution in [3.63, 3.8) is 0 Å². The van der Waals surface area contributed by atoms with Gasteiger partial charge in [0.1, 0.15) is 4.84 Å². The monoisotopic (exact) mass is 250 g/mol. The summed E-state index contributed by atoms with van der Waals surface area (Å²) in [5, 5.41) is 0. The molecule has 0 saturated carbocycles. The molecule has 0 saturated heterocycles. The van der Waals surface area contributed by atoms with Crippen LogP contribution in [0.15, 0.2) is 30.3 Å². The molecule has 52 valence electrons. The molecule has 0 bridgehead atoms. The number of rotatable bonds is 1. The molecule has 10 heavy (non-hydrogen) atoms. The van der Waals surface area contributed by atoms with Crippen molar-refractivity contribution in [2.75, 3.05) is 0 Å². The molecule has 0 aliphatic heterocycles. The quantitative estimate of drug-likeness (QED) is 0.673. The van der Waals surface area contributed by atoms with Gasteiger partial charge in [0.2, 0.25) is 0 Å². The van der Waals surface area contributed by atoms with E-state index in [4.69, 9.17) is 23.2 Å². The standard InChI is InChI=1S/C7H6Cl2.Zr/c8-7(9)6-4-2-1-3-5-6;/h1-5,7H;. The van der Waals surface area contributed by atoms with Crippen LogP contribution in [-0.4, -0.2) is 0 Å². The van der Waals surface area contributed by atoms with E-state index in [2.05, 4.69) is 0 Å². The summed E-state index contributed by atoms with van der Waals surface area (Å²) < 4.78 is 0. The number of hydrogen-bond acceptors (Lipinski definition) is 0. The van der Waals surface area contributed by atoms with Gasteiger partial charge in [-0.3, -0.25) is 0 Å². The summed E-state index contributed by atoms with van der Waals surface area (Å²) >= 11 is 11.1. The average Bonchev–Trinajstić information content (AvgIpc) is 1.90. The Hall–Kier alpha value is 0.683. The smallest absolute Gasteiger partial charge is 0.100 e. The van der Waals surface area contributed by atoms with E-state index in [0.717, 1.165) is 5.56 Å². The predicted molar refractivity (Wildman–Crippen MR) is 40.9 cm³/mol. The minimum atomic E-state index is -0.397. The maximum absolute atomic E-state index is 5.57. The van der Waals surface area contributed by atoms with Gasteiger partial charge < -0.3 is 0 Å². The molecule has 0 nitrogen and oxygen atoms in total. The molecular weight excluding hydrogens is 246 g/mol. The summed E-state index contributed by atoms with van der Waals surface area (Å²) in [4.78, 5) is -0.397.